The monoisotopic (exact) mass is 155 g/mol. The van der Waals surface area contributed by atoms with Crippen LogP contribution >= 0.6 is 0 Å². The van der Waals surface area contributed by atoms with Gasteiger partial charge in [-0.2, -0.15) is 0 Å². The smallest absolute Gasteiger partial charge is 0.0696 e. The maximum absolute atomic E-state index is 3.24. The minimum atomic E-state index is 0.634. The molecule has 1 fully saturated rings. The number of hydrogen-bond acceptors (Lipinski definition) is 3. The maximum Gasteiger partial charge on any atom is 0.0696 e. The Morgan fingerprint density at radius 3 is 2.45 bits per heavy atom. The lowest BCUT2D eigenvalue weighted by Crippen LogP contribution is -2.58. The molecule has 0 aromatic heterocycles. The average molecular weight is 155 g/mol. The van der Waals surface area contributed by atoms with Gasteiger partial charge >= 0.3 is 0 Å². The predicted molar refractivity (Wildman–Crippen MR) is 47.0 cm³/mol. The zero-order chi connectivity index (χ0) is 8.27. The zero-order valence-corrected chi connectivity index (χ0v) is 7.52. The maximum atomic E-state index is 3.24. The second-order valence-electron chi connectivity index (χ2n) is 3.15. The number of rotatable bonds is 3. The molecule has 0 saturated carbocycles. The second kappa shape index (κ2) is 3.74. The van der Waals surface area contributed by atoms with E-state index in [1.807, 2.05) is 7.05 Å². The number of hydrazine groups is 1. The fraction of sp³-hybridized carbons (Fsp3) is 0.750. The molecule has 0 unspecified atom stereocenters. The number of nitrogens with one attached hydrogen (secondary N) is 2. The van der Waals surface area contributed by atoms with Crippen LogP contribution in [0.3, 0.4) is 0 Å². The Morgan fingerprint density at radius 2 is 2.18 bits per heavy atom. The fourth-order valence-electron chi connectivity index (χ4n) is 1.10. The largest absolute Gasteiger partial charge is 0.312 e. The highest BCUT2D eigenvalue weighted by Crippen LogP contribution is 2.03. The zero-order valence-electron chi connectivity index (χ0n) is 7.52. The molecule has 3 heteroatoms. The fourth-order valence-corrected chi connectivity index (χ4v) is 1.10. The van der Waals surface area contributed by atoms with Crippen LogP contribution in [0.4, 0.5) is 0 Å². The molecule has 2 N–H and O–H groups in total. The van der Waals surface area contributed by atoms with E-state index < -0.39 is 0 Å². The van der Waals surface area contributed by atoms with Crippen molar-refractivity contribution in [3.8, 4) is 0 Å². The molecule has 0 radical (unpaired) electrons. The van der Waals surface area contributed by atoms with E-state index in [0.717, 1.165) is 13.1 Å². The summed E-state index contributed by atoms with van der Waals surface area (Å²) >= 11 is 0. The second-order valence-corrected chi connectivity index (χ2v) is 3.15. The third kappa shape index (κ3) is 2.20. The van der Waals surface area contributed by atoms with E-state index in [-0.39, 0.29) is 0 Å². The third-order valence-corrected chi connectivity index (χ3v) is 1.81. The minimum Gasteiger partial charge on any atom is -0.312 e. The van der Waals surface area contributed by atoms with E-state index in [2.05, 4.69) is 35.8 Å². The first kappa shape index (κ1) is 8.56. The molecule has 64 valence electrons. The summed E-state index contributed by atoms with van der Waals surface area (Å²) in [5.41, 5.74) is 4.48. The standard InChI is InChI=1S/C8H17N3/c1-7(2)6-11(9-3)8-4-10-5-8/h6,8-10H,4-5H2,1-3H3. The molecule has 0 amide bonds. The van der Waals surface area contributed by atoms with Gasteiger partial charge in [-0.05, 0) is 13.8 Å². The van der Waals surface area contributed by atoms with Crippen molar-refractivity contribution in [2.45, 2.75) is 19.9 Å². The molecule has 0 aromatic carbocycles. The normalized spacial score (nSPS) is 17.4. The van der Waals surface area contributed by atoms with Gasteiger partial charge in [0.15, 0.2) is 0 Å². The highest BCUT2D eigenvalue weighted by Gasteiger charge is 2.20. The Bertz CT molecular complexity index is 145. The minimum absolute atomic E-state index is 0.634. The Balaban J connectivity index is 2.41. The van der Waals surface area contributed by atoms with Crippen LogP contribution in [0.5, 0.6) is 0 Å². The molecular formula is C8H17N3. The lowest BCUT2D eigenvalue weighted by molar-refractivity contribution is 0.158. The van der Waals surface area contributed by atoms with E-state index in [1.54, 1.807) is 0 Å². The van der Waals surface area contributed by atoms with E-state index in [9.17, 15) is 0 Å². The van der Waals surface area contributed by atoms with Crippen LogP contribution in [0, 0.1) is 0 Å². The molecule has 0 bridgehead atoms. The van der Waals surface area contributed by atoms with Crippen molar-refractivity contribution in [2.75, 3.05) is 20.1 Å². The molecule has 1 heterocycles. The van der Waals surface area contributed by atoms with Gasteiger partial charge in [0.05, 0.1) is 6.04 Å². The molecule has 3 nitrogen and oxygen atoms in total. The summed E-state index contributed by atoms with van der Waals surface area (Å²) in [6.07, 6.45) is 2.14. The Kier molecular flexibility index (Phi) is 2.91. The van der Waals surface area contributed by atoms with Crippen molar-refractivity contribution in [3.63, 3.8) is 0 Å². The highest BCUT2D eigenvalue weighted by molar-refractivity contribution is 4.96. The Morgan fingerprint density at radius 1 is 1.55 bits per heavy atom. The van der Waals surface area contributed by atoms with Gasteiger partial charge in [-0.15, -0.1) is 0 Å². The van der Waals surface area contributed by atoms with Crippen molar-refractivity contribution in [2.24, 2.45) is 0 Å². The number of hydrogen-bond donors (Lipinski definition) is 2. The van der Waals surface area contributed by atoms with Crippen molar-refractivity contribution in [3.05, 3.63) is 11.8 Å². The Hall–Kier alpha value is -0.540. The molecule has 0 aromatic rings. The van der Waals surface area contributed by atoms with Crippen LogP contribution in [0.1, 0.15) is 13.8 Å². The molecule has 0 atom stereocenters. The van der Waals surface area contributed by atoms with Crippen molar-refractivity contribution < 1.29 is 0 Å². The van der Waals surface area contributed by atoms with Crippen molar-refractivity contribution in [1.82, 2.24) is 15.8 Å². The van der Waals surface area contributed by atoms with Gasteiger partial charge in [0, 0.05) is 26.3 Å². The summed E-state index contributed by atoms with van der Waals surface area (Å²) in [7, 11) is 1.96. The molecule has 1 saturated heterocycles. The SMILES string of the molecule is CNN(C=C(C)C)C1CNC1. The van der Waals surface area contributed by atoms with Crippen molar-refractivity contribution in [1.29, 1.82) is 0 Å². The summed E-state index contributed by atoms with van der Waals surface area (Å²) in [5.74, 6) is 0. The van der Waals surface area contributed by atoms with Crippen LogP contribution in [-0.2, 0) is 0 Å². The van der Waals surface area contributed by atoms with Crippen LogP contribution in [-0.4, -0.2) is 31.2 Å². The highest BCUT2D eigenvalue weighted by atomic mass is 15.5. The van der Waals surface area contributed by atoms with Crippen molar-refractivity contribution >= 4 is 0 Å². The van der Waals surface area contributed by atoms with Gasteiger partial charge in [-0.1, -0.05) is 5.57 Å². The van der Waals surface area contributed by atoms with Gasteiger partial charge in [-0.25, -0.2) is 5.43 Å². The van der Waals surface area contributed by atoms with Gasteiger partial charge in [0.1, 0.15) is 0 Å². The lowest BCUT2D eigenvalue weighted by Gasteiger charge is -2.37. The quantitative estimate of drug-likeness (QED) is 0.575. The first-order valence-corrected chi connectivity index (χ1v) is 4.05. The summed E-state index contributed by atoms with van der Waals surface area (Å²) < 4.78 is 0. The van der Waals surface area contributed by atoms with E-state index in [1.165, 1.54) is 5.57 Å². The molecule has 11 heavy (non-hydrogen) atoms. The lowest BCUT2D eigenvalue weighted by atomic mass is 10.2. The third-order valence-electron chi connectivity index (χ3n) is 1.81. The number of allylic oxidation sites excluding steroid dienone is 1. The first-order chi connectivity index (χ1) is 5.24. The van der Waals surface area contributed by atoms with Gasteiger partial charge < -0.3 is 10.3 Å². The van der Waals surface area contributed by atoms with Gasteiger partial charge in [0.2, 0.25) is 0 Å². The summed E-state index contributed by atoms with van der Waals surface area (Å²) in [6.45, 7) is 6.39. The van der Waals surface area contributed by atoms with E-state index in [4.69, 9.17) is 0 Å². The van der Waals surface area contributed by atoms with E-state index in [0.29, 0.717) is 6.04 Å². The molecule has 1 aliphatic rings. The summed E-state index contributed by atoms with van der Waals surface area (Å²) in [4.78, 5) is 0. The van der Waals surface area contributed by atoms with Gasteiger partial charge in [0.25, 0.3) is 0 Å². The van der Waals surface area contributed by atoms with Crippen LogP contribution in [0.2, 0.25) is 0 Å². The van der Waals surface area contributed by atoms with Crippen LogP contribution in [0.25, 0.3) is 0 Å². The summed E-state index contributed by atoms with van der Waals surface area (Å²) in [6, 6.07) is 0.634. The molecule has 0 aliphatic carbocycles. The topological polar surface area (TPSA) is 27.3 Å². The molecule has 0 spiro atoms. The predicted octanol–water partition coefficient (Wildman–Crippen LogP) is 0.318. The molecular weight excluding hydrogens is 138 g/mol. The van der Waals surface area contributed by atoms with E-state index >= 15 is 0 Å². The molecule has 1 rings (SSSR count). The summed E-state index contributed by atoms with van der Waals surface area (Å²) in [5, 5.41) is 5.40. The molecule has 1 aliphatic heterocycles. The Labute approximate surface area is 68.4 Å². The van der Waals surface area contributed by atoms with Crippen LogP contribution < -0.4 is 10.7 Å². The first-order valence-electron chi connectivity index (χ1n) is 4.05. The van der Waals surface area contributed by atoms with Gasteiger partial charge in [-0.3, -0.25) is 0 Å². The average Bonchev–Trinajstić information content (AvgIpc) is 1.81. The number of nitrogens with zero attached hydrogens (tertiary/aromatic N) is 1. The van der Waals surface area contributed by atoms with Crippen LogP contribution in [0.15, 0.2) is 11.8 Å².